The first kappa shape index (κ1) is 13.4. The second kappa shape index (κ2) is 6.24. The third-order valence-corrected chi connectivity index (χ3v) is 5.55. The smallest absolute Gasteiger partial charge is 0.335 e. The van der Waals surface area contributed by atoms with Crippen LogP contribution in [0.5, 0.6) is 0 Å². The van der Waals surface area contributed by atoms with Crippen molar-refractivity contribution in [2.75, 3.05) is 34.9 Å². The molecule has 0 spiro atoms. The Labute approximate surface area is 115 Å². The fourth-order valence-electron chi connectivity index (χ4n) is 1.72. The largest absolute Gasteiger partial charge is 0.478 e. The third-order valence-electron chi connectivity index (χ3n) is 2.71. The number of carboxylic acids is 1. The summed E-state index contributed by atoms with van der Waals surface area (Å²) in [6, 6.07) is 4.75. The Kier molecular flexibility index (Phi) is 4.66. The predicted octanol–water partition coefficient (Wildman–Crippen LogP) is 2.23. The van der Waals surface area contributed by atoms with Gasteiger partial charge >= 0.3 is 5.97 Å². The molecule has 0 aromatic heterocycles. The van der Waals surface area contributed by atoms with Crippen LogP contribution in [0, 0.1) is 0 Å². The van der Waals surface area contributed by atoms with Crippen LogP contribution in [0.15, 0.2) is 18.2 Å². The van der Waals surface area contributed by atoms with Crippen molar-refractivity contribution >= 4 is 40.9 Å². The van der Waals surface area contributed by atoms with E-state index in [9.17, 15) is 4.79 Å². The minimum atomic E-state index is -0.930. The fourth-order valence-corrected chi connectivity index (χ4v) is 4.33. The molecule has 98 valence electrons. The maximum atomic E-state index is 10.9. The normalized spacial score (nSPS) is 19.4. The van der Waals surface area contributed by atoms with Crippen molar-refractivity contribution in [1.82, 2.24) is 0 Å². The number of carboxylic acid groups (broad SMARTS) is 1. The van der Waals surface area contributed by atoms with Gasteiger partial charge in [-0.2, -0.15) is 23.5 Å². The van der Waals surface area contributed by atoms with Crippen molar-refractivity contribution in [2.45, 2.75) is 5.25 Å². The Balaban J connectivity index is 1.99. The van der Waals surface area contributed by atoms with Crippen molar-refractivity contribution in [3.05, 3.63) is 23.8 Å². The number of nitrogens with two attached hydrogens (primary N) is 1. The first-order valence-corrected chi connectivity index (χ1v) is 7.93. The molecule has 1 unspecified atom stereocenters. The van der Waals surface area contributed by atoms with E-state index in [0.717, 1.165) is 12.3 Å². The van der Waals surface area contributed by atoms with Crippen LogP contribution in [0.4, 0.5) is 11.4 Å². The molecule has 1 aromatic rings. The molecule has 6 heteroatoms. The van der Waals surface area contributed by atoms with Gasteiger partial charge in [0, 0.05) is 29.1 Å². The van der Waals surface area contributed by atoms with Crippen LogP contribution >= 0.6 is 23.5 Å². The monoisotopic (exact) mass is 284 g/mol. The Bertz CT molecular complexity index is 434. The van der Waals surface area contributed by atoms with E-state index < -0.39 is 5.97 Å². The summed E-state index contributed by atoms with van der Waals surface area (Å²) in [5.74, 6) is 2.61. The standard InChI is InChI=1S/C12H16N2O2S2/c13-10-2-1-8(12(15)16)5-11(10)14-6-9-7-17-3-4-18-9/h1-2,5,9,14H,3-4,6-7,13H2,(H,15,16). The average molecular weight is 284 g/mol. The maximum absolute atomic E-state index is 10.9. The lowest BCUT2D eigenvalue weighted by molar-refractivity contribution is 0.0697. The first-order chi connectivity index (χ1) is 8.66. The third kappa shape index (κ3) is 3.49. The second-order valence-electron chi connectivity index (χ2n) is 4.06. The summed E-state index contributed by atoms with van der Waals surface area (Å²) >= 11 is 3.92. The molecule has 1 saturated heterocycles. The number of thioether (sulfide) groups is 2. The van der Waals surface area contributed by atoms with Crippen LogP contribution in [0.2, 0.25) is 0 Å². The predicted molar refractivity (Wildman–Crippen MR) is 79.9 cm³/mol. The molecule has 1 heterocycles. The van der Waals surface area contributed by atoms with E-state index in [1.54, 1.807) is 12.1 Å². The summed E-state index contributed by atoms with van der Waals surface area (Å²) in [4.78, 5) is 10.9. The Morgan fingerprint density at radius 3 is 3.00 bits per heavy atom. The summed E-state index contributed by atoms with van der Waals surface area (Å²) < 4.78 is 0. The number of benzene rings is 1. The highest BCUT2D eigenvalue weighted by Gasteiger charge is 2.14. The van der Waals surface area contributed by atoms with Gasteiger partial charge in [0.2, 0.25) is 0 Å². The van der Waals surface area contributed by atoms with Gasteiger partial charge in [0.05, 0.1) is 16.9 Å². The first-order valence-electron chi connectivity index (χ1n) is 5.73. The number of nitrogens with one attached hydrogen (secondary N) is 1. The Morgan fingerprint density at radius 2 is 2.33 bits per heavy atom. The highest BCUT2D eigenvalue weighted by atomic mass is 32.2. The molecule has 0 saturated carbocycles. The second-order valence-corrected chi connectivity index (χ2v) is 6.61. The molecule has 1 atom stereocenters. The molecule has 0 bridgehead atoms. The molecule has 4 nitrogen and oxygen atoms in total. The van der Waals surface area contributed by atoms with Gasteiger partial charge in [-0.05, 0) is 18.2 Å². The summed E-state index contributed by atoms with van der Waals surface area (Å²) in [5, 5.41) is 12.8. The Morgan fingerprint density at radius 1 is 1.50 bits per heavy atom. The molecule has 4 N–H and O–H groups in total. The van der Waals surface area contributed by atoms with Gasteiger partial charge in [-0.1, -0.05) is 0 Å². The van der Waals surface area contributed by atoms with Gasteiger partial charge in [0.15, 0.2) is 0 Å². The lowest BCUT2D eigenvalue weighted by Crippen LogP contribution is -2.23. The molecule has 0 aliphatic carbocycles. The molecule has 0 amide bonds. The highest BCUT2D eigenvalue weighted by molar-refractivity contribution is 8.06. The minimum absolute atomic E-state index is 0.261. The number of nitrogen functional groups attached to an aromatic ring is 1. The maximum Gasteiger partial charge on any atom is 0.335 e. The van der Waals surface area contributed by atoms with Gasteiger partial charge < -0.3 is 16.2 Å². The van der Waals surface area contributed by atoms with E-state index in [-0.39, 0.29) is 5.56 Å². The van der Waals surface area contributed by atoms with Crippen molar-refractivity contribution in [2.24, 2.45) is 0 Å². The zero-order chi connectivity index (χ0) is 13.0. The van der Waals surface area contributed by atoms with E-state index in [2.05, 4.69) is 5.32 Å². The van der Waals surface area contributed by atoms with Crippen LogP contribution in [0.1, 0.15) is 10.4 Å². The number of hydrogen-bond acceptors (Lipinski definition) is 5. The topological polar surface area (TPSA) is 75.4 Å². The van der Waals surface area contributed by atoms with Crippen LogP contribution in [-0.4, -0.2) is 40.1 Å². The molecule has 1 aliphatic heterocycles. The molecule has 0 radical (unpaired) electrons. The molecular formula is C12H16N2O2S2. The summed E-state index contributed by atoms with van der Waals surface area (Å²) in [6.07, 6.45) is 0. The van der Waals surface area contributed by atoms with Gasteiger partial charge in [-0.25, -0.2) is 4.79 Å². The van der Waals surface area contributed by atoms with Crippen LogP contribution in [0.3, 0.4) is 0 Å². The van der Waals surface area contributed by atoms with Gasteiger partial charge in [-0.3, -0.25) is 0 Å². The quantitative estimate of drug-likeness (QED) is 0.736. The van der Waals surface area contributed by atoms with E-state index in [0.29, 0.717) is 16.6 Å². The zero-order valence-electron chi connectivity index (χ0n) is 9.89. The lowest BCUT2D eigenvalue weighted by atomic mass is 10.1. The molecule has 1 aromatic carbocycles. The summed E-state index contributed by atoms with van der Waals surface area (Å²) in [6.45, 7) is 0.824. The Hall–Kier alpha value is -1.01. The van der Waals surface area contributed by atoms with Gasteiger partial charge in [0.25, 0.3) is 0 Å². The molecule has 2 rings (SSSR count). The zero-order valence-corrected chi connectivity index (χ0v) is 11.5. The van der Waals surface area contributed by atoms with E-state index in [4.69, 9.17) is 10.8 Å². The van der Waals surface area contributed by atoms with Crippen molar-refractivity contribution in [3.63, 3.8) is 0 Å². The summed E-state index contributed by atoms with van der Waals surface area (Å²) in [5.41, 5.74) is 7.40. The molecule has 1 aliphatic rings. The van der Waals surface area contributed by atoms with Crippen molar-refractivity contribution < 1.29 is 9.90 Å². The molecule has 1 fully saturated rings. The number of rotatable bonds is 4. The van der Waals surface area contributed by atoms with Crippen LogP contribution in [0.25, 0.3) is 0 Å². The fraction of sp³-hybridized carbons (Fsp3) is 0.417. The SMILES string of the molecule is Nc1ccc(C(=O)O)cc1NCC1CSCCS1. The number of hydrogen-bond donors (Lipinski definition) is 3. The number of aromatic carboxylic acids is 1. The van der Waals surface area contributed by atoms with E-state index in [1.165, 1.54) is 17.6 Å². The van der Waals surface area contributed by atoms with Gasteiger partial charge in [0.1, 0.15) is 0 Å². The molecular weight excluding hydrogens is 268 g/mol. The van der Waals surface area contributed by atoms with Crippen LogP contribution in [-0.2, 0) is 0 Å². The number of anilines is 2. The highest BCUT2D eigenvalue weighted by Crippen LogP contribution is 2.26. The van der Waals surface area contributed by atoms with Crippen LogP contribution < -0.4 is 11.1 Å². The number of carbonyl (C=O) groups is 1. The van der Waals surface area contributed by atoms with Crippen molar-refractivity contribution in [1.29, 1.82) is 0 Å². The summed E-state index contributed by atoms with van der Waals surface area (Å²) in [7, 11) is 0. The molecule has 18 heavy (non-hydrogen) atoms. The van der Waals surface area contributed by atoms with E-state index in [1.807, 2.05) is 23.5 Å². The minimum Gasteiger partial charge on any atom is -0.478 e. The van der Waals surface area contributed by atoms with E-state index >= 15 is 0 Å². The lowest BCUT2D eigenvalue weighted by Gasteiger charge is -2.22. The van der Waals surface area contributed by atoms with Gasteiger partial charge in [-0.15, -0.1) is 0 Å². The average Bonchev–Trinajstić information content (AvgIpc) is 2.38. The van der Waals surface area contributed by atoms with Crippen molar-refractivity contribution in [3.8, 4) is 0 Å².